The Bertz CT molecular complexity index is 353. The van der Waals surface area contributed by atoms with Gasteiger partial charge in [0, 0.05) is 6.04 Å². The number of amides is 3. The van der Waals surface area contributed by atoms with Crippen molar-refractivity contribution < 1.29 is 19.1 Å². The van der Waals surface area contributed by atoms with Gasteiger partial charge in [-0.15, -0.1) is 0 Å². The molecule has 0 aromatic carbocycles. The van der Waals surface area contributed by atoms with E-state index >= 15 is 0 Å². The van der Waals surface area contributed by atoms with Crippen LogP contribution in [0.5, 0.6) is 0 Å². The van der Waals surface area contributed by atoms with Crippen molar-refractivity contribution in [1.82, 2.24) is 16.0 Å². The van der Waals surface area contributed by atoms with Crippen LogP contribution >= 0.6 is 0 Å². The molecule has 1 fully saturated rings. The molecule has 19 heavy (non-hydrogen) atoms. The Morgan fingerprint density at radius 3 is 2.37 bits per heavy atom. The van der Waals surface area contributed by atoms with Crippen LogP contribution in [0.1, 0.15) is 26.7 Å². The minimum absolute atomic E-state index is 0.0134. The summed E-state index contributed by atoms with van der Waals surface area (Å²) in [6, 6.07) is -0.866. The number of nitrogens with one attached hydrogen (secondary N) is 3. The van der Waals surface area contributed by atoms with E-state index in [1.807, 2.05) is 13.8 Å². The second-order valence-corrected chi connectivity index (χ2v) is 4.92. The van der Waals surface area contributed by atoms with Gasteiger partial charge >= 0.3 is 12.0 Å². The number of hydrogen-bond acceptors (Lipinski definition) is 5. The highest BCUT2D eigenvalue weighted by atomic mass is 16.5. The van der Waals surface area contributed by atoms with Crippen LogP contribution in [-0.2, 0) is 14.3 Å². The van der Waals surface area contributed by atoms with Crippen LogP contribution in [0.4, 0.5) is 4.79 Å². The van der Waals surface area contributed by atoms with Gasteiger partial charge in [-0.3, -0.25) is 20.2 Å². The maximum atomic E-state index is 11.5. The normalized spacial score (nSPS) is 15.8. The lowest BCUT2D eigenvalue weighted by Gasteiger charge is -2.19. The van der Waals surface area contributed by atoms with Crippen molar-refractivity contribution in [1.29, 1.82) is 0 Å². The Hall–Kier alpha value is -1.63. The van der Waals surface area contributed by atoms with Crippen LogP contribution in [0, 0.1) is 5.92 Å². The number of urea groups is 1. The molecule has 0 aromatic rings. The van der Waals surface area contributed by atoms with Crippen LogP contribution in [0.3, 0.4) is 0 Å². The summed E-state index contributed by atoms with van der Waals surface area (Å²) in [4.78, 5) is 34.3. The Balaban J connectivity index is 2.30. The van der Waals surface area contributed by atoms with E-state index in [1.165, 1.54) is 7.11 Å². The van der Waals surface area contributed by atoms with Gasteiger partial charge in [0.25, 0.3) is 0 Å². The molecule has 0 spiro atoms. The van der Waals surface area contributed by atoms with Crippen molar-refractivity contribution in [2.75, 3.05) is 13.7 Å². The third-order valence-corrected chi connectivity index (χ3v) is 2.77. The smallest absolute Gasteiger partial charge is 0.323 e. The molecule has 0 heterocycles. The first-order valence-corrected chi connectivity index (χ1v) is 6.35. The number of carbonyl (C=O) groups is 3. The number of rotatable bonds is 6. The standard InChI is InChI=1S/C12H21N3O4/c1-7(2)10(11(17)19-3)13-6-9(16)15-12(18)14-8-4-5-8/h7-8,10,13H,4-6H2,1-3H3,(H2,14,15,16,18). The van der Waals surface area contributed by atoms with Gasteiger partial charge in [-0.2, -0.15) is 0 Å². The van der Waals surface area contributed by atoms with E-state index < -0.39 is 23.9 Å². The summed E-state index contributed by atoms with van der Waals surface area (Å²) >= 11 is 0. The zero-order valence-electron chi connectivity index (χ0n) is 11.5. The van der Waals surface area contributed by atoms with E-state index in [1.54, 1.807) is 0 Å². The Morgan fingerprint density at radius 2 is 1.89 bits per heavy atom. The fourth-order valence-corrected chi connectivity index (χ4v) is 1.54. The zero-order valence-corrected chi connectivity index (χ0v) is 11.5. The zero-order chi connectivity index (χ0) is 14.4. The molecular weight excluding hydrogens is 250 g/mol. The van der Waals surface area contributed by atoms with Crippen LogP contribution in [0.2, 0.25) is 0 Å². The lowest BCUT2D eigenvalue weighted by molar-refractivity contribution is -0.144. The fraction of sp³-hybridized carbons (Fsp3) is 0.750. The van der Waals surface area contributed by atoms with Crippen molar-refractivity contribution in [2.45, 2.75) is 38.8 Å². The summed E-state index contributed by atoms with van der Waals surface area (Å²) in [6.07, 6.45) is 1.91. The van der Waals surface area contributed by atoms with Gasteiger partial charge in [0.05, 0.1) is 13.7 Å². The van der Waals surface area contributed by atoms with Crippen molar-refractivity contribution in [3.05, 3.63) is 0 Å². The summed E-state index contributed by atoms with van der Waals surface area (Å²) in [5.74, 6) is -0.918. The summed E-state index contributed by atoms with van der Waals surface area (Å²) in [7, 11) is 1.29. The largest absolute Gasteiger partial charge is 0.468 e. The SMILES string of the molecule is COC(=O)C(NCC(=O)NC(=O)NC1CC1)C(C)C. The van der Waals surface area contributed by atoms with E-state index in [0.717, 1.165) is 12.8 Å². The lowest BCUT2D eigenvalue weighted by atomic mass is 10.0. The summed E-state index contributed by atoms with van der Waals surface area (Å²) in [5.41, 5.74) is 0. The molecule has 1 aliphatic carbocycles. The van der Waals surface area contributed by atoms with Crippen molar-refractivity contribution >= 4 is 17.9 Å². The Morgan fingerprint density at radius 1 is 1.26 bits per heavy atom. The highest BCUT2D eigenvalue weighted by molar-refractivity contribution is 5.95. The molecule has 1 saturated carbocycles. The van der Waals surface area contributed by atoms with E-state index in [2.05, 4.69) is 20.7 Å². The third-order valence-electron chi connectivity index (χ3n) is 2.77. The highest BCUT2D eigenvalue weighted by Gasteiger charge is 2.25. The predicted octanol–water partition coefficient (Wildman–Crippen LogP) is -0.238. The first-order chi connectivity index (χ1) is 8.93. The molecule has 1 rings (SSSR count). The van der Waals surface area contributed by atoms with Crippen molar-refractivity contribution in [3.8, 4) is 0 Å². The van der Waals surface area contributed by atoms with E-state index in [-0.39, 0.29) is 18.5 Å². The number of carbonyl (C=O) groups excluding carboxylic acids is 3. The van der Waals surface area contributed by atoms with Gasteiger partial charge in [0.2, 0.25) is 5.91 Å². The number of hydrogen-bond donors (Lipinski definition) is 3. The van der Waals surface area contributed by atoms with Gasteiger partial charge in [0.1, 0.15) is 6.04 Å². The molecule has 0 radical (unpaired) electrons. The first-order valence-electron chi connectivity index (χ1n) is 6.35. The number of esters is 1. The van der Waals surface area contributed by atoms with Crippen molar-refractivity contribution in [2.24, 2.45) is 5.92 Å². The molecule has 1 aliphatic rings. The van der Waals surface area contributed by atoms with Gasteiger partial charge in [0.15, 0.2) is 0 Å². The van der Waals surface area contributed by atoms with E-state index in [4.69, 9.17) is 0 Å². The number of methoxy groups -OCH3 is 1. The maximum absolute atomic E-state index is 11.5. The average molecular weight is 271 g/mol. The Kier molecular flexibility index (Phi) is 5.75. The molecule has 3 amide bonds. The highest BCUT2D eigenvalue weighted by Crippen LogP contribution is 2.18. The summed E-state index contributed by atoms with van der Waals surface area (Å²) in [5, 5.41) is 7.62. The third kappa shape index (κ3) is 5.69. The fourth-order valence-electron chi connectivity index (χ4n) is 1.54. The van der Waals surface area contributed by atoms with Crippen LogP contribution in [0.25, 0.3) is 0 Å². The summed E-state index contributed by atoms with van der Waals surface area (Å²) < 4.78 is 4.64. The van der Waals surface area contributed by atoms with E-state index in [0.29, 0.717) is 0 Å². The molecule has 1 unspecified atom stereocenters. The molecule has 0 bridgehead atoms. The van der Waals surface area contributed by atoms with Gasteiger partial charge in [-0.25, -0.2) is 4.79 Å². The molecule has 0 saturated heterocycles. The topological polar surface area (TPSA) is 96.5 Å². The van der Waals surface area contributed by atoms with Crippen LogP contribution in [0.15, 0.2) is 0 Å². The molecule has 7 nitrogen and oxygen atoms in total. The van der Waals surface area contributed by atoms with Crippen LogP contribution in [-0.4, -0.2) is 43.6 Å². The second-order valence-electron chi connectivity index (χ2n) is 4.92. The molecule has 3 N–H and O–H groups in total. The molecular formula is C12H21N3O4. The first kappa shape index (κ1) is 15.4. The quantitative estimate of drug-likeness (QED) is 0.579. The number of imide groups is 1. The molecule has 0 aliphatic heterocycles. The predicted molar refractivity (Wildman–Crippen MR) is 68.3 cm³/mol. The average Bonchev–Trinajstić information content (AvgIpc) is 3.11. The minimum Gasteiger partial charge on any atom is -0.468 e. The Labute approximate surface area is 112 Å². The van der Waals surface area contributed by atoms with Crippen molar-refractivity contribution in [3.63, 3.8) is 0 Å². The van der Waals surface area contributed by atoms with Crippen LogP contribution < -0.4 is 16.0 Å². The molecule has 0 aromatic heterocycles. The summed E-state index contributed by atoms with van der Waals surface area (Å²) in [6.45, 7) is 3.56. The molecule has 7 heteroatoms. The monoisotopic (exact) mass is 271 g/mol. The number of ether oxygens (including phenoxy) is 1. The second kappa shape index (κ2) is 7.08. The van der Waals surface area contributed by atoms with E-state index in [9.17, 15) is 14.4 Å². The lowest BCUT2D eigenvalue weighted by Crippen LogP contribution is -2.49. The minimum atomic E-state index is -0.567. The molecule has 108 valence electrons. The van der Waals surface area contributed by atoms with Gasteiger partial charge in [-0.1, -0.05) is 13.8 Å². The molecule has 1 atom stereocenters. The van der Waals surface area contributed by atoms with Gasteiger partial charge in [-0.05, 0) is 18.8 Å². The van der Waals surface area contributed by atoms with Gasteiger partial charge < -0.3 is 10.1 Å². The maximum Gasteiger partial charge on any atom is 0.323 e.